The average Bonchev–Trinajstić information content (AvgIpc) is 2.38. The molecule has 1 aromatic carbocycles. The number of anilines is 1. The lowest BCUT2D eigenvalue weighted by Crippen LogP contribution is -2.21. The lowest BCUT2D eigenvalue weighted by atomic mass is 10.2. The molecule has 0 radical (unpaired) electrons. The SMILES string of the molecule is CC(C)OCC(=O)Nc1cc(/C(N)=N/O)ccc1Cl. The Balaban J connectivity index is 2.80. The molecular formula is C12H16ClN3O3. The van der Waals surface area contributed by atoms with Gasteiger partial charge in [0.1, 0.15) is 6.61 Å². The van der Waals surface area contributed by atoms with E-state index in [4.69, 9.17) is 27.3 Å². The van der Waals surface area contributed by atoms with Crippen molar-refractivity contribution in [3.63, 3.8) is 0 Å². The number of amides is 1. The van der Waals surface area contributed by atoms with E-state index < -0.39 is 0 Å². The van der Waals surface area contributed by atoms with Crippen LogP contribution in [0.25, 0.3) is 0 Å². The predicted molar refractivity (Wildman–Crippen MR) is 73.7 cm³/mol. The minimum atomic E-state index is -0.327. The van der Waals surface area contributed by atoms with Crippen LogP contribution < -0.4 is 11.1 Å². The summed E-state index contributed by atoms with van der Waals surface area (Å²) in [5.41, 5.74) is 6.29. The number of carbonyl (C=O) groups excluding carboxylic acids is 1. The summed E-state index contributed by atoms with van der Waals surface area (Å²) in [5.74, 6) is -0.391. The Labute approximate surface area is 116 Å². The number of rotatable bonds is 5. The molecule has 1 amide bonds. The summed E-state index contributed by atoms with van der Waals surface area (Å²) in [4.78, 5) is 11.6. The number of halogens is 1. The van der Waals surface area contributed by atoms with E-state index in [1.54, 1.807) is 12.1 Å². The maximum atomic E-state index is 11.6. The van der Waals surface area contributed by atoms with Crippen LogP contribution in [0, 0.1) is 0 Å². The molecule has 1 rings (SSSR count). The Hall–Kier alpha value is -1.79. The van der Waals surface area contributed by atoms with Gasteiger partial charge in [0.2, 0.25) is 5.91 Å². The largest absolute Gasteiger partial charge is 0.409 e. The van der Waals surface area contributed by atoms with Crippen LogP contribution in [0.1, 0.15) is 19.4 Å². The normalized spacial score (nSPS) is 11.7. The smallest absolute Gasteiger partial charge is 0.250 e. The van der Waals surface area contributed by atoms with Crippen LogP contribution in [0.5, 0.6) is 0 Å². The van der Waals surface area contributed by atoms with Crippen LogP contribution in [0.4, 0.5) is 5.69 Å². The van der Waals surface area contributed by atoms with Gasteiger partial charge in [0, 0.05) is 5.56 Å². The van der Waals surface area contributed by atoms with Crippen LogP contribution in [0.2, 0.25) is 5.02 Å². The second-order valence-electron chi connectivity index (χ2n) is 4.09. The summed E-state index contributed by atoms with van der Waals surface area (Å²) < 4.78 is 5.17. The highest BCUT2D eigenvalue weighted by Crippen LogP contribution is 2.23. The molecule has 0 atom stereocenters. The van der Waals surface area contributed by atoms with Crippen molar-refractivity contribution < 1.29 is 14.7 Å². The third-order valence-corrected chi connectivity index (χ3v) is 2.52. The Bertz CT molecular complexity index is 489. The second kappa shape index (κ2) is 6.96. The van der Waals surface area contributed by atoms with E-state index in [1.807, 2.05) is 13.8 Å². The van der Waals surface area contributed by atoms with Gasteiger partial charge in [0.05, 0.1) is 16.8 Å². The summed E-state index contributed by atoms with van der Waals surface area (Å²) in [5, 5.41) is 14.4. The van der Waals surface area contributed by atoms with Gasteiger partial charge in [-0.25, -0.2) is 0 Å². The molecule has 0 saturated heterocycles. The van der Waals surface area contributed by atoms with Crippen LogP contribution in [0.15, 0.2) is 23.4 Å². The van der Waals surface area contributed by atoms with E-state index >= 15 is 0 Å². The van der Waals surface area contributed by atoms with Gasteiger partial charge in [-0.05, 0) is 32.0 Å². The van der Waals surface area contributed by atoms with Crippen molar-refractivity contribution in [2.24, 2.45) is 10.9 Å². The minimum Gasteiger partial charge on any atom is -0.409 e. The first kappa shape index (κ1) is 15.3. The number of hydrogen-bond donors (Lipinski definition) is 3. The molecule has 0 aliphatic rings. The second-order valence-corrected chi connectivity index (χ2v) is 4.50. The van der Waals surface area contributed by atoms with E-state index in [2.05, 4.69) is 10.5 Å². The highest BCUT2D eigenvalue weighted by atomic mass is 35.5. The molecular weight excluding hydrogens is 270 g/mol. The molecule has 0 bridgehead atoms. The van der Waals surface area contributed by atoms with Crippen molar-refractivity contribution in [2.45, 2.75) is 20.0 Å². The summed E-state index contributed by atoms with van der Waals surface area (Å²) >= 11 is 5.95. The molecule has 0 aromatic heterocycles. The first-order valence-electron chi connectivity index (χ1n) is 5.63. The number of carbonyl (C=O) groups is 1. The quantitative estimate of drug-likeness (QED) is 0.332. The number of hydrogen-bond acceptors (Lipinski definition) is 4. The Morgan fingerprint density at radius 2 is 2.26 bits per heavy atom. The van der Waals surface area contributed by atoms with Crippen molar-refractivity contribution in [3.8, 4) is 0 Å². The Morgan fingerprint density at radius 1 is 1.58 bits per heavy atom. The van der Waals surface area contributed by atoms with Gasteiger partial charge in [0.15, 0.2) is 5.84 Å². The molecule has 0 unspecified atom stereocenters. The number of nitrogens with one attached hydrogen (secondary N) is 1. The van der Waals surface area contributed by atoms with Gasteiger partial charge in [-0.2, -0.15) is 0 Å². The highest BCUT2D eigenvalue weighted by molar-refractivity contribution is 6.33. The molecule has 0 saturated carbocycles. The first-order chi connectivity index (χ1) is 8.93. The number of ether oxygens (including phenoxy) is 1. The Kier molecular flexibility index (Phi) is 5.59. The number of benzene rings is 1. The minimum absolute atomic E-state index is 0.0373. The molecule has 7 heteroatoms. The zero-order chi connectivity index (χ0) is 14.4. The van der Waals surface area contributed by atoms with Crippen molar-refractivity contribution in [2.75, 3.05) is 11.9 Å². The van der Waals surface area contributed by atoms with Crippen molar-refractivity contribution in [1.29, 1.82) is 0 Å². The van der Waals surface area contributed by atoms with Gasteiger partial charge in [-0.3, -0.25) is 4.79 Å². The number of nitrogens with zero attached hydrogens (tertiary/aromatic N) is 1. The van der Waals surface area contributed by atoms with E-state index in [1.165, 1.54) is 6.07 Å². The zero-order valence-electron chi connectivity index (χ0n) is 10.7. The van der Waals surface area contributed by atoms with Crippen LogP contribution in [-0.2, 0) is 9.53 Å². The van der Waals surface area contributed by atoms with Gasteiger partial charge in [-0.15, -0.1) is 0 Å². The maximum absolute atomic E-state index is 11.6. The molecule has 6 nitrogen and oxygen atoms in total. The van der Waals surface area contributed by atoms with Gasteiger partial charge < -0.3 is 21.0 Å². The van der Waals surface area contributed by atoms with E-state index in [0.29, 0.717) is 16.3 Å². The van der Waals surface area contributed by atoms with E-state index in [0.717, 1.165) is 0 Å². The fourth-order valence-corrected chi connectivity index (χ4v) is 1.43. The molecule has 0 aliphatic carbocycles. The fraction of sp³-hybridized carbons (Fsp3) is 0.333. The molecule has 1 aromatic rings. The fourth-order valence-electron chi connectivity index (χ4n) is 1.27. The Morgan fingerprint density at radius 3 is 2.84 bits per heavy atom. The monoisotopic (exact) mass is 285 g/mol. The van der Waals surface area contributed by atoms with Crippen LogP contribution in [-0.4, -0.2) is 29.7 Å². The summed E-state index contributed by atoms with van der Waals surface area (Å²) in [6, 6.07) is 4.65. The van der Waals surface area contributed by atoms with Gasteiger partial charge >= 0.3 is 0 Å². The molecule has 4 N–H and O–H groups in total. The van der Waals surface area contributed by atoms with Crippen LogP contribution >= 0.6 is 11.6 Å². The van der Waals surface area contributed by atoms with Crippen LogP contribution in [0.3, 0.4) is 0 Å². The van der Waals surface area contributed by atoms with E-state index in [9.17, 15) is 4.79 Å². The zero-order valence-corrected chi connectivity index (χ0v) is 11.4. The third-order valence-electron chi connectivity index (χ3n) is 2.19. The molecule has 104 valence electrons. The predicted octanol–water partition coefficient (Wildman–Crippen LogP) is 1.80. The molecule has 0 spiro atoms. The number of nitrogens with two attached hydrogens (primary N) is 1. The molecule has 19 heavy (non-hydrogen) atoms. The summed E-state index contributed by atoms with van der Waals surface area (Å²) in [6.45, 7) is 3.60. The standard InChI is InChI=1S/C12H16ClN3O3/c1-7(2)19-6-11(17)15-10-5-8(12(14)16-18)3-4-9(10)13/h3-5,7,18H,6H2,1-2H3,(H2,14,16)(H,15,17). The average molecular weight is 286 g/mol. The van der Waals surface area contributed by atoms with Crippen molar-refractivity contribution in [3.05, 3.63) is 28.8 Å². The topological polar surface area (TPSA) is 96.9 Å². The molecule has 0 aliphatic heterocycles. The maximum Gasteiger partial charge on any atom is 0.250 e. The summed E-state index contributed by atoms with van der Waals surface area (Å²) in [7, 11) is 0. The van der Waals surface area contributed by atoms with Crippen molar-refractivity contribution >= 4 is 29.0 Å². The van der Waals surface area contributed by atoms with Gasteiger partial charge in [0.25, 0.3) is 0 Å². The highest BCUT2D eigenvalue weighted by Gasteiger charge is 2.09. The number of oxime groups is 1. The third kappa shape index (κ3) is 4.76. The molecule has 0 heterocycles. The van der Waals surface area contributed by atoms with Gasteiger partial charge in [-0.1, -0.05) is 16.8 Å². The first-order valence-corrected chi connectivity index (χ1v) is 6.00. The number of amidine groups is 1. The molecule has 0 fully saturated rings. The van der Waals surface area contributed by atoms with Crippen molar-refractivity contribution in [1.82, 2.24) is 0 Å². The van der Waals surface area contributed by atoms with E-state index in [-0.39, 0.29) is 24.5 Å². The lowest BCUT2D eigenvalue weighted by Gasteiger charge is -2.10. The summed E-state index contributed by atoms with van der Waals surface area (Å²) in [6.07, 6.45) is -0.0373. The lowest BCUT2D eigenvalue weighted by molar-refractivity contribution is -0.121.